The van der Waals surface area contributed by atoms with E-state index in [0.29, 0.717) is 42.5 Å². The quantitative estimate of drug-likeness (QED) is 0.498. The molecule has 2 N–H and O–H groups in total. The number of nitrogens with zero attached hydrogens (tertiary/aromatic N) is 1. The minimum Gasteiger partial charge on any atom is -0.768 e. The van der Waals surface area contributed by atoms with Gasteiger partial charge in [0.25, 0.3) is 5.88 Å². The van der Waals surface area contributed by atoms with Crippen LogP contribution in [0.15, 0.2) is 29.3 Å². The third kappa shape index (κ3) is 5.50. The molecule has 3 unspecified atom stereocenters. The molecule has 0 saturated carbocycles. The minimum absolute atomic E-state index is 0.0443. The lowest BCUT2D eigenvalue weighted by molar-refractivity contribution is 0.0434. The summed E-state index contributed by atoms with van der Waals surface area (Å²) in [5.74, 6) is 1.48. The Morgan fingerprint density at radius 3 is 2.44 bits per heavy atom. The van der Waals surface area contributed by atoms with Crippen LogP contribution in [0.5, 0.6) is 23.1 Å². The molecule has 0 bridgehead atoms. The summed E-state index contributed by atoms with van der Waals surface area (Å²) in [4.78, 5) is 4.32. The molecular weight excluding hydrogens is 436 g/mol. The van der Waals surface area contributed by atoms with Crippen LogP contribution in [0.25, 0.3) is 0 Å². The average Bonchev–Trinajstić information content (AvgIpc) is 3.31. The van der Waals surface area contributed by atoms with Crippen molar-refractivity contribution < 1.29 is 32.4 Å². The van der Waals surface area contributed by atoms with Crippen molar-refractivity contribution in [3.05, 3.63) is 35.5 Å². The molecule has 9 nitrogen and oxygen atoms in total. The van der Waals surface area contributed by atoms with Gasteiger partial charge in [0.05, 0.1) is 37.9 Å². The maximum absolute atomic E-state index is 12.0. The first-order valence-electron chi connectivity index (χ1n) is 10.5. The fourth-order valence-electron chi connectivity index (χ4n) is 3.58. The van der Waals surface area contributed by atoms with E-state index in [9.17, 15) is 8.76 Å². The van der Waals surface area contributed by atoms with Crippen molar-refractivity contribution >= 4 is 11.1 Å². The zero-order chi connectivity index (χ0) is 23.1. The van der Waals surface area contributed by atoms with E-state index in [1.165, 1.54) is 7.11 Å². The molecule has 0 radical (unpaired) electrons. The highest BCUT2D eigenvalue weighted by molar-refractivity contribution is 7.79. The Kier molecular flexibility index (Phi) is 8.68. The van der Waals surface area contributed by atoms with Crippen molar-refractivity contribution in [3.63, 3.8) is 0 Å². The van der Waals surface area contributed by atoms with Crippen LogP contribution in [-0.2, 0) is 15.8 Å². The van der Waals surface area contributed by atoms with Crippen molar-refractivity contribution in [1.82, 2.24) is 4.98 Å². The highest BCUT2D eigenvalue weighted by Gasteiger charge is 2.30. The third-order valence-electron chi connectivity index (χ3n) is 5.06. The topological polar surface area (TPSA) is 125 Å². The summed E-state index contributed by atoms with van der Waals surface area (Å²) in [7, 11) is 3.08. The van der Waals surface area contributed by atoms with E-state index in [2.05, 4.69) is 4.98 Å². The van der Waals surface area contributed by atoms with Crippen molar-refractivity contribution in [3.8, 4) is 23.1 Å². The lowest BCUT2D eigenvalue weighted by Gasteiger charge is -2.21. The van der Waals surface area contributed by atoms with Gasteiger partial charge in [-0.3, -0.25) is 4.21 Å². The Bertz CT molecular complexity index is 941. The summed E-state index contributed by atoms with van der Waals surface area (Å²) in [5.41, 5.74) is 7.14. The van der Waals surface area contributed by atoms with E-state index in [4.69, 9.17) is 29.4 Å². The summed E-state index contributed by atoms with van der Waals surface area (Å²) < 4.78 is 52.1. The second-order valence-corrected chi connectivity index (χ2v) is 8.15. The SMILES string of the molecule is CCCOc1c(OCCN)cc(C2CCC(c3cnc(OC)c(OC)c3)O2)cc1S(=O)[O-]. The Morgan fingerprint density at radius 2 is 1.81 bits per heavy atom. The van der Waals surface area contributed by atoms with Gasteiger partial charge in [0, 0.05) is 18.3 Å². The van der Waals surface area contributed by atoms with Gasteiger partial charge in [0.2, 0.25) is 0 Å². The van der Waals surface area contributed by atoms with E-state index >= 15 is 0 Å². The number of aromatic nitrogens is 1. The standard InChI is InChI=1S/C22H30N2O7S/c1-4-8-30-21-18(29-9-7-23)10-14(12-20(21)32(25)26)16-5-6-17(31-16)15-11-19(27-2)22(28-3)24-13-15/h10-13,16-17H,4-9,23H2,1-3H3,(H,25,26)/p-1. The van der Waals surface area contributed by atoms with E-state index in [1.54, 1.807) is 25.4 Å². The zero-order valence-corrected chi connectivity index (χ0v) is 19.3. The minimum atomic E-state index is -2.51. The predicted octanol–water partition coefficient (Wildman–Crippen LogP) is 3.06. The van der Waals surface area contributed by atoms with Crippen LogP contribution in [0.2, 0.25) is 0 Å². The van der Waals surface area contributed by atoms with E-state index in [0.717, 1.165) is 18.4 Å². The average molecular weight is 466 g/mol. The first kappa shape index (κ1) is 24.2. The van der Waals surface area contributed by atoms with Crippen LogP contribution in [0.1, 0.15) is 49.5 Å². The maximum Gasteiger partial charge on any atom is 0.256 e. The first-order chi connectivity index (χ1) is 15.5. The summed E-state index contributed by atoms with van der Waals surface area (Å²) in [6, 6.07) is 5.20. The molecule has 32 heavy (non-hydrogen) atoms. The number of hydrogen-bond donors (Lipinski definition) is 1. The Labute approximate surface area is 190 Å². The van der Waals surface area contributed by atoms with Crippen LogP contribution in [0.4, 0.5) is 0 Å². The summed E-state index contributed by atoms with van der Waals surface area (Å²) in [5, 5.41) is 0. The second kappa shape index (κ2) is 11.5. The smallest absolute Gasteiger partial charge is 0.256 e. The van der Waals surface area contributed by atoms with Crippen LogP contribution >= 0.6 is 0 Å². The first-order valence-corrected chi connectivity index (χ1v) is 11.6. The highest BCUT2D eigenvalue weighted by Crippen LogP contribution is 2.45. The molecular formula is C22H29N2O7S-. The molecule has 1 fully saturated rings. The van der Waals surface area contributed by atoms with Crippen molar-refractivity contribution in [1.29, 1.82) is 0 Å². The molecule has 1 aromatic heterocycles. The van der Waals surface area contributed by atoms with Crippen LogP contribution in [0.3, 0.4) is 0 Å². The lowest BCUT2D eigenvalue weighted by Crippen LogP contribution is -2.13. The molecule has 3 rings (SSSR count). The molecule has 0 spiro atoms. The van der Waals surface area contributed by atoms with E-state index < -0.39 is 11.1 Å². The molecule has 0 amide bonds. The molecule has 1 saturated heterocycles. The molecule has 10 heteroatoms. The number of pyridine rings is 1. The monoisotopic (exact) mass is 465 g/mol. The Balaban J connectivity index is 1.89. The fraction of sp³-hybridized carbons (Fsp3) is 0.500. The van der Waals surface area contributed by atoms with Gasteiger partial charge < -0.3 is 34.0 Å². The van der Waals surface area contributed by atoms with Crippen molar-refractivity contribution in [2.45, 2.75) is 43.3 Å². The Morgan fingerprint density at radius 1 is 1.09 bits per heavy atom. The van der Waals surface area contributed by atoms with Gasteiger partial charge >= 0.3 is 0 Å². The molecule has 3 atom stereocenters. The number of rotatable bonds is 11. The third-order valence-corrected chi connectivity index (χ3v) is 5.73. The van der Waals surface area contributed by atoms with Crippen LogP contribution in [0, 0.1) is 0 Å². The number of hydrogen-bond acceptors (Lipinski definition) is 9. The molecule has 2 aromatic rings. The molecule has 1 aliphatic rings. The van der Waals surface area contributed by atoms with Gasteiger partial charge in [0.1, 0.15) is 6.61 Å². The number of nitrogens with two attached hydrogens (primary N) is 1. The van der Waals surface area contributed by atoms with Gasteiger partial charge in [0.15, 0.2) is 17.2 Å². The lowest BCUT2D eigenvalue weighted by atomic mass is 10.0. The number of benzene rings is 1. The normalized spacial score (nSPS) is 18.9. The number of methoxy groups -OCH3 is 2. The van der Waals surface area contributed by atoms with Gasteiger partial charge in [-0.2, -0.15) is 0 Å². The summed E-state index contributed by atoms with van der Waals surface area (Å²) in [6.45, 7) is 2.85. The van der Waals surface area contributed by atoms with E-state index in [1.807, 2.05) is 13.0 Å². The van der Waals surface area contributed by atoms with Crippen LogP contribution in [-0.4, -0.2) is 47.7 Å². The van der Waals surface area contributed by atoms with Crippen molar-refractivity contribution in [2.75, 3.05) is 34.0 Å². The predicted molar refractivity (Wildman–Crippen MR) is 117 cm³/mol. The Hall–Kier alpha value is -2.40. The molecule has 1 aromatic carbocycles. The van der Waals surface area contributed by atoms with Gasteiger partial charge in [-0.15, -0.1) is 0 Å². The molecule has 0 aliphatic carbocycles. The summed E-state index contributed by atoms with van der Waals surface area (Å²) in [6.07, 6.45) is 3.36. The number of ether oxygens (including phenoxy) is 5. The van der Waals surface area contributed by atoms with Crippen molar-refractivity contribution in [2.24, 2.45) is 5.73 Å². The van der Waals surface area contributed by atoms with Crippen LogP contribution < -0.4 is 24.7 Å². The highest BCUT2D eigenvalue weighted by atomic mass is 32.2. The van der Waals surface area contributed by atoms with Gasteiger partial charge in [-0.05, 0) is 54.1 Å². The fourth-order valence-corrected chi connectivity index (χ4v) is 4.12. The largest absolute Gasteiger partial charge is 0.768 e. The maximum atomic E-state index is 12.0. The van der Waals surface area contributed by atoms with E-state index in [-0.39, 0.29) is 29.5 Å². The van der Waals surface area contributed by atoms with Gasteiger partial charge in [-0.1, -0.05) is 6.92 Å². The second-order valence-electron chi connectivity index (χ2n) is 7.24. The molecule has 2 heterocycles. The summed E-state index contributed by atoms with van der Waals surface area (Å²) >= 11 is -2.51. The zero-order valence-electron chi connectivity index (χ0n) is 18.5. The molecule has 176 valence electrons. The van der Waals surface area contributed by atoms with Gasteiger partial charge in [-0.25, -0.2) is 4.98 Å². The molecule has 1 aliphatic heterocycles.